The van der Waals surface area contributed by atoms with Gasteiger partial charge in [0.2, 0.25) is 11.8 Å². The van der Waals surface area contributed by atoms with Gasteiger partial charge in [-0.25, -0.2) is 0 Å². The van der Waals surface area contributed by atoms with Crippen molar-refractivity contribution in [1.82, 2.24) is 10.2 Å². The molecule has 1 saturated heterocycles. The Labute approximate surface area is 173 Å². The lowest BCUT2D eigenvalue weighted by Gasteiger charge is -2.38. The van der Waals surface area contributed by atoms with Crippen LogP contribution >= 0.6 is 0 Å². The molecule has 2 heterocycles. The number of methoxy groups -OCH3 is 1. The number of benzene rings is 1. The molecule has 5 atom stereocenters. The molecular formula is C22H24N2O6. The first-order valence-corrected chi connectivity index (χ1v) is 10.4. The Morgan fingerprint density at radius 2 is 2.10 bits per heavy atom. The maximum absolute atomic E-state index is 13.4. The van der Waals surface area contributed by atoms with E-state index in [2.05, 4.69) is 5.32 Å². The summed E-state index contributed by atoms with van der Waals surface area (Å²) >= 11 is 0. The van der Waals surface area contributed by atoms with E-state index in [-0.39, 0.29) is 48.2 Å². The Morgan fingerprint density at radius 1 is 1.30 bits per heavy atom. The molecule has 3 fully saturated rings. The van der Waals surface area contributed by atoms with Crippen molar-refractivity contribution in [2.45, 2.75) is 37.3 Å². The maximum Gasteiger partial charge on any atom is 0.308 e. The third kappa shape index (κ3) is 2.80. The molecule has 0 bridgehead atoms. The van der Waals surface area contributed by atoms with Gasteiger partial charge in [0.05, 0.1) is 25.5 Å². The van der Waals surface area contributed by atoms with Crippen molar-refractivity contribution in [3.63, 3.8) is 0 Å². The van der Waals surface area contributed by atoms with Crippen molar-refractivity contribution in [2.75, 3.05) is 20.2 Å². The van der Waals surface area contributed by atoms with E-state index >= 15 is 0 Å². The van der Waals surface area contributed by atoms with Crippen molar-refractivity contribution >= 4 is 23.6 Å². The van der Waals surface area contributed by atoms with Crippen LogP contribution in [-0.2, 0) is 19.1 Å². The van der Waals surface area contributed by atoms with Crippen molar-refractivity contribution < 1.29 is 28.7 Å². The summed E-state index contributed by atoms with van der Waals surface area (Å²) in [5.74, 6) is -0.500. The summed E-state index contributed by atoms with van der Waals surface area (Å²) in [5, 5.41) is 2.72. The molecule has 0 unspecified atom stereocenters. The van der Waals surface area contributed by atoms with Gasteiger partial charge in [-0.1, -0.05) is 12.1 Å². The predicted molar refractivity (Wildman–Crippen MR) is 104 cm³/mol. The number of esters is 1. The SMILES string of the molecule is COC(=O)C[C@@H]1C(=O)NCCN1C(=O)[C@@H]1[C@@H]2CC[C@]3(CC(=O)c4ccccc4O3)[C@@H]21. The monoisotopic (exact) mass is 412 g/mol. The zero-order valence-electron chi connectivity index (χ0n) is 16.8. The summed E-state index contributed by atoms with van der Waals surface area (Å²) < 4.78 is 11.1. The van der Waals surface area contributed by atoms with Gasteiger partial charge in [-0.05, 0) is 30.9 Å². The van der Waals surface area contributed by atoms with Gasteiger partial charge in [-0.2, -0.15) is 0 Å². The topological polar surface area (TPSA) is 102 Å². The highest BCUT2D eigenvalue weighted by atomic mass is 16.5. The lowest BCUT2D eigenvalue weighted by atomic mass is 9.84. The first-order valence-electron chi connectivity index (χ1n) is 10.4. The number of fused-ring (bicyclic) bond motifs is 3. The number of nitrogens with one attached hydrogen (secondary N) is 1. The molecule has 1 aromatic carbocycles. The number of Topliss-reactive ketones (excluding diaryl/α,β-unsaturated/α-hetero) is 1. The molecule has 0 radical (unpaired) electrons. The van der Waals surface area contributed by atoms with Crippen molar-refractivity contribution in [2.24, 2.45) is 17.8 Å². The van der Waals surface area contributed by atoms with Crippen molar-refractivity contribution in [3.8, 4) is 5.75 Å². The summed E-state index contributed by atoms with van der Waals surface area (Å²) in [7, 11) is 1.26. The second-order valence-corrected chi connectivity index (χ2v) is 8.64. The minimum absolute atomic E-state index is 0.0360. The highest BCUT2D eigenvalue weighted by molar-refractivity contribution is 6.01. The lowest BCUT2D eigenvalue weighted by molar-refractivity contribution is -0.151. The van der Waals surface area contributed by atoms with Crippen molar-refractivity contribution in [1.29, 1.82) is 0 Å². The van der Waals surface area contributed by atoms with Crippen LogP contribution in [0.2, 0.25) is 0 Å². The van der Waals surface area contributed by atoms with Crippen molar-refractivity contribution in [3.05, 3.63) is 29.8 Å². The Morgan fingerprint density at radius 3 is 2.90 bits per heavy atom. The third-order valence-electron chi connectivity index (χ3n) is 7.12. The first-order chi connectivity index (χ1) is 14.4. The van der Waals surface area contributed by atoms with E-state index in [4.69, 9.17) is 9.47 Å². The van der Waals surface area contributed by atoms with Gasteiger partial charge in [0, 0.05) is 24.9 Å². The number of carbonyl (C=O) groups is 4. The number of nitrogens with zero attached hydrogens (tertiary/aromatic N) is 1. The number of rotatable bonds is 3. The number of amides is 2. The number of piperazine rings is 1. The van der Waals surface area contributed by atoms with E-state index in [0.717, 1.165) is 12.8 Å². The lowest BCUT2D eigenvalue weighted by Crippen LogP contribution is -2.58. The Balaban J connectivity index is 1.37. The third-order valence-corrected chi connectivity index (χ3v) is 7.12. The summed E-state index contributed by atoms with van der Waals surface area (Å²) in [6.45, 7) is 0.718. The molecule has 2 amide bonds. The number of ether oxygens (including phenoxy) is 2. The van der Waals surface area contributed by atoms with Crippen LogP contribution in [-0.4, -0.2) is 60.3 Å². The van der Waals surface area contributed by atoms with Crippen LogP contribution in [0.4, 0.5) is 0 Å². The molecule has 0 aromatic heterocycles. The second-order valence-electron chi connectivity index (χ2n) is 8.64. The zero-order chi connectivity index (χ0) is 21.0. The van der Waals surface area contributed by atoms with Crippen LogP contribution in [0.5, 0.6) is 5.75 Å². The normalized spacial score (nSPS) is 34.0. The molecule has 2 aliphatic carbocycles. The number of carbonyl (C=O) groups excluding carboxylic acids is 4. The minimum atomic E-state index is -0.856. The van der Waals surface area contributed by atoms with Crippen LogP contribution in [0.15, 0.2) is 24.3 Å². The molecule has 8 heteroatoms. The highest BCUT2D eigenvalue weighted by Gasteiger charge is 2.71. The Hall–Kier alpha value is -2.90. The van der Waals surface area contributed by atoms with Crippen LogP contribution < -0.4 is 10.1 Å². The van der Waals surface area contributed by atoms with Gasteiger partial charge in [-0.15, -0.1) is 0 Å². The van der Waals surface area contributed by atoms with Crippen LogP contribution in [0.1, 0.15) is 36.0 Å². The molecule has 1 aromatic rings. The van der Waals surface area contributed by atoms with Gasteiger partial charge < -0.3 is 19.7 Å². The molecule has 2 saturated carbocycles. The fraction of sp³-hybridized carbons (Fsp3) is 0.545. The van der Waals surface area contributed by atoms with Crippen LogP contribution in [0, 0.1) is 17.8 Å². The molecule has 1 N–H and O–H groups in total. The summed E-state index contributed by atoms with van der Waals surface area (Å²) in [6.07, 6.45) is 1.68. The average molecular weight is 412 g/mol. The fourth-order valence-electron chi connectivity index (χ4n) is 5.71. The number of hydrogen-bond donors (Lipinski definition) is 1. The Bertz CT molecular complexity index is 945. The maximum atomic E-state index is 13.4. The first kappa shape index (κ1) is 19.1. The zero-order valence-corrected chi connectivity index (χ0v) is 16.8. The van der Waals surface area contributed by atoms with E-state index in [1.54, 1.807) is 6.07 Å². The summed E-state index contributed by atoms with van der Waals surface area (Å²) in [4.78, 5) is 51.8. The molecule has 30 heavy (non-hydrogen) atoms. The van der Waals surface area contributed by atoms with E-state index in [1.165, 1.54) is 12.0 Å². The van der Waals surface area contributed by atoms with Gasteiger partial charge in [-0.3, -0.25) is 19.2 Å². The van der Waals surface area contributed by atoms with E-state index < -0.39 is 17.6 Å². The van der Waals surface area contributed by atoms with Gasteiger partial charge in [0.1, 0.15) is 17.4 Å². The predicted octanol–water partition coefficient (Wildman–Crippen LogP) is 0.937. The largest absolute Gasteiger partial charge is 0.486 e. The molecule has 8 nitrogen and oxygen atoms in total. The number of hydrogen-bond acceptors (Lipinski definition) is 6. The van der Waals surface area contributed by atoms with E-state index in [1.807, 2.05) is 18.2 Å². The average Bonchev–Trinajstić information content (AvgIpc) is 3.39. The molecule has 1 spiro atoms. The van der Waals surface area contributed by atoms with Gasteiger partial charge in [0.15, 0.2) is 5.78 Å². The van der Waals surface area contributed by atoms with E-state index in [0.29, 0.717) is 24.4 Å². The fourth-order valence-corrected chi connectivity index (χ4v) is 5.71. The smallest absolute Gasteiger partial charge is 0.308 e. The molecule has 2 aliphatic heterocycles. The molecule has 5 rings (SSSR count). The van der Waals surface area contributed by atoms with E-state index in [9.17, 15) is 19.2 Å². The number of ketones is 1. The van der Waals surface area contributed by atoms with Gasteiger partial charge in [0.25, 0.3) is 0 Å². The van der Waals surface area contributed by atoms with Crippen LogP contribution in [0.25, 0.3) is 0 Å². The summed E-state index contributed by atoms with van der Waals surface area (Å²) in [5.41, 5.74) is -0.0484. The summed E-state index contributed by atoms with van der Waals surface area (Å²) in [6, 6.07) is 6.39. The van der Waals surface area contributed by atoms with Gasteiger partial charge >= 0.3 is 5.97 Å². The quantitative estimate of drug-likeness (QED) is 0.742. The number of para-hydroxylation sites is 1. The standard InChI is InChI=1S/C22H24N2O6/c1-29-17(26)10-14-20(27)23-8-9-24(14)21(28)18-13-6-7-22(19(13)18)11-15(25)12-4-2-3-5-16(12)30-22/h2-5,13-14,18-19H,6-11H2,1H3,(H,23,27)/t13-,14+,18+,19-,22-/m0/s1. The minimum Gasteiger partial charge on any atom is -0.486 e. The molecule has 4 aliphatic rings. The van der Waals surface area contributed by atoms with Crippen LogP contribution in [0.3, 0.4) is 0 Å². The Kier molecular flexibility index (Phi) is 4.34. The molecular weight excluding hydrogens is 388 g/mol. The second kappa shape index (κ2) is 6.82. The highest BCUT2D eigenvalue weighted by Crippen LogP contribution is 2.66. The molecule has 158 valence electrons.